The molecule has 0 spiro atoms. The van der Waals surface area contributed by atoms with E-state index in [0.717, 1.165) is 69.2 Å². The highest BCUT2D eigenvalue weighted by molar-refractivity contribution is 5.94. The fourth-order valence-corrected chi connectivity index (χ4v) is 6.22. The molecule has 7 nitrogen and oxygen atoms in total. The van der Waals surface area contributed by atoms with Gasteiger partial charge in [-0.3, -0.25) is 4.90 Å². The summed E-state index contributed by atoms with van der Waals surface area (Å²) in [5.41, 5.74) is 4.78. The Balaban J connectivity index is 1.40. The second kappa shape index (κ2) is 12.6. The molecule has 1 aliphatic heterocycles. The molecule has 0 unspecified atom stereocenters. The van der Waals surface area contributed by atoms with Crippen LogP contribution < -0.4 is 5.32 Å². The lowest BCUT2D eigenvalue weighted by Gasteiger charge is -2.27. The fraction of sp³-hybridized carbons (Fsp3) is 0.613. The SMILES string of the molecule is CCC[C@H](C)Nc1ncc2c(-c3ccc(CN4CCCN(CC)CC4)cc3)cn([C@H]3CC[C@H](O)CC3)c2n1. The van der Waals surface area contributed by atoms with E-state index < -0.39 is 0 Å². The van der Waals surface area contributed by atoms with Crippen LogP contribution in [0.5, 0.6) is 0 Å². The molecule has 1 aromatic carbocycles. The summed E-state index contributed by atoms with van der Waals surface area (Å²) in [5, 5.41) is 14.7. The Kier molecular flexibility index (Phi) is 8.97. The predicted octanol–water partition coefficient (Wildman–Crippen LogP) is 5.70. The zero-order chi connectivity index (χ0) is 26.5. The van der Waals surface area contributed by atoms with Crippen LogP contribution in [0.4, 0.5) is 5.95 Å². The number of likely N-dealkylation sites (N-methyl/N-ethyl adjacent to an activating group) is 1. The molecular weight excluding hydrogens is 472 g/mol. The fourth-order valence-electron chi connectivity index (χ4n) is 6.22. The summed E-state index contributed by atoms with van der Waals surface area (Å²) in [6, 6.07) is 9.82. The van der Waals surface area contributed by atoms with Crippen LogP contribution in [0.25, 0.3) is 22.2 Å². The standard InChI is InChI=1S/C31H46N6O/c1-4-7-23(3)33-31-32-20-28-29(22-37(30(28)34-31)26-12-14-27(38)15-13-26)25-10-8-24(9-11-25)21-36-17-6-16-35(5-2)18-19-36/h8-11,20,22-23,26-27,38H,4-7,12-19,21H2,1-3H3,(H,32,33,34)/t23-,26-,27-/m0/s1. The summed E-state index contributed by atoms with van der Waals surface area (Å²) in [6.07, 6.45) is 11.2. The minimum absolute atomic E-state index is 0.170. The van der Waals surface area contributed by atoms with Crippen LogP contribution in [-0.4, -0.2) is 74.3 Å². The molecule has 1 saturated heterocycles. The Morgan fingerprint density at radius 1 is 1.00 bits per heavy atom. The van der Waals surface area contributed by atoms with E-state index in [9.17, 15) is 5.11 Å². The van der Waals surface area contributed by atoms with Crippen molar-refractivity contribution in [1.82, 2.24) is 24.3 Å². The second-order valence-corrected chi connectivity index (χ2v) is 11.4. The number of aliphatic hydroxyl groups excluding tert-OH is 1. The van der Waals surface area contributed by atoms with Crippen LogP contribution in [0, 0.1) is 0 Å². The van der Waals surface area contributed by atoms with Crippen molar-refractivity contribution < 1.29 is 5.11 Å². The molecule has 1 atom stereocenters. The molecule has 2 N–H and O–H groups in total. The minimum atomic E-state index is -0.170. The number of aromatic nitrogens is 3. The molecule has 3 heterocycles. The van der Waals surface area contributed by atoms with E-state index >= 15 is 0 Å². The maximum Gasteiger partial charge on any atom is 0.224 e. The zero-order valence-electron chi connectivity index (χ0n) is 23.6. The van der Waals surface area contributed by atoms with E-state index in [1.165, 1.54) is 42.7 Å². The summed E-state index contributed by atoms with van der Waals surface area (Å²) >= 11 is 0. The summed E-state index contributed by atoms with van der Waals surface area (Å²) in [7, 11) is 0. The van der Waals surface area contributed by atoms with Crippen molar-refractivity contribution in [3.63, 3.8) is 0 Å². The lowest BCUT2D eigenvalue weighted by Crippen LogP contribution is -2.30. The van der Waals surface area contributed by atoms with Gasteiger partial charge < -0.3 is 19.9 Å². The Morgan fingerprint density at radius 2 is 1.74 bits per heavy atom. The Labute approximate surface area is 228 Å². The number of anilines is 1. The number of aliphatic hydroxyl groups is 1. The summed E-state index contributed by atoms with van der Waals surface area (Å²) in [5.74, 6) is 0.703. The van der Waals surface area contributed by atoms with E-state index in [-0.39, 0.29) is 6.10 Å². The van der Waals surface area contributed by atoms with E-state index in [1.54, 1.807) is 0 Å². The van der Waals surface area contributed by atoms with Gasteiger partial charge in [-0.15, -0.1) is 0 Å². The zero-order valence-corrected chi connectivity index (χ0v) is 23.6. The van der Waals surface area contributed by atoms with Gasteiger partial charge in [-0.1, -0.05) is 44.5 Å². The van der Waals surface area contributed by atoms with Gasteiger partial charge in [0.15, 0.2) is 0 Å². The van der Waals surface area contributed by atoms with Crippen molar-refractivity contribution in [2.75, 3.05) is 38.0 Å². The van der Waals surface area contributed by atoms with Gasteiger partial charge in [-0.25, -0.2) is 4.98 Å². The van der Waals surface area contributed by atoms with Crippen LogP contribution in [0.1, 0.15) is 77.3 Å². The van der Waals surface area contributed by atoms with Gasteiger partial charge >= 0.3 is 0 Å². The molecule has 1 saturated carbocycles. The number of nitrogens with one attached hydrogen (secondary N) is 1. The van der Waals surface area contributed by atoms with Crippen molar-refractivity contribution >= 4 is 17.0 Å². The highest BCUT2D eigenvalue weighted by Crippen LogP contribution is 2.37. The number of nitrogens with zero attached hydrogens (tertiary/aromatic N) is 5. The van der Waals surface area contributed by atoms with Crippen molar-refractivity contribution in [3.05, 3.63) is 42.2 Å². The maximum absolute atomic E-state index is 10.1. The molecule has 2 aromatic heterocycles. The van der Waals surface area contributed by atoms with Crippen molar-refractivity contribution in [1.29, 1.82) is 0 Å². The second-order valence-electron chi connectivity index (χ2n) is 11.4. The molecule has 1 aliphatic carbocycles. The van der Waals surface area contributed by atoms with Crippen LogP contribution in [0.2, 0.25) is 0 Å². The number of fused-ring (bicyclic) bond motifs is 1. The van der Waals surface area contributed by atoms with Crippen molar-refractivity contribution in [2.24, 2.45) is 0 Å². The molecule has 7 heteroatoms. The van der Waals surface area contributed by atoms with Gasteiger partial charge in [0, 0.05) is 55.1 Å². The topological polar surface area (TPSA) is 69.5 Å². The summed E-state index contributed by atoms with van der Waals surface area (Å²) in [4.78, 5) is 14.9. The Morgan fingerprint density at radius 3 is 2.47 bits per heavy atom. The van der Waals surface area contributed by atoms with Gasteiger partial charge in [-0.05, 0) is 76.2 Å². The molecule has 3 aromatic rings. The number of hydrogen-bond acceptors (Lipinski definition) is 6. The molecule has 38 heavy (non-hydrogen) atoms. The van der Waals surface area contributed by atoms with E-state index in [4.69, 9.17) is 9.97 Å². The highest BCUT2D eigenvalue weighted by atomic mass is 16.3. The monoisotopic (exact) mass is 518 g/mol. The van der Waals surface area contributed by atoms with Gasteiger partial charge in [-0.2, -0.15) is 4.98 Å². The van der Waals surface area contributed by atoms with E-state index in [2.05, 4.69) is 70.9 Å². The molecular formula is C31H46N6O. The first kappa shape index (κ1) is 27.1. The average Bonchev–Trinajstić information content (AvgIpc) is 3.14. The van der Waals surface area contributed by atoms with Gasteiger partial charge in [0.1, 0.15) is 5.65 Å². The first-order valence-electron chi connectivity index (χ1n) is 14.9. The largest absolute Gasteiger partial charge is 0.393 e. The third-order valence-electron chi connectivity index (χ3n) is 8.53. The molecule has 0 bridgehead atoms. The van der Waals surface area contributed by atoms with Crippen LogP contribution in [0.3, 0.4) is 0 Å². The van der Waals surface area contributed by atoms with Gasteiger partial charge in [0.2, 0.25) is 5.95 Å². The first-order chi connectivity index (χ1) is 18.5. The van der Waals surface area contributed by atoms with Crippen LogP contribution >= 0.6 is 0 Å². The molecule has 0 radical (unpaired) electrons. The third-order valence-corrected chi connectivity index (χ3v) is 8.53. The lowest BCUT2D eigenvalue weighted by atomic mass is 9.93. The molecule has 2 fully saturated rings. The van der Waals surface area contributed by atoms with Crippen molar-refractivity contribution in [3.8, 4) is 11.1 Å². The highest BCUT2D eigenvalue weighted by Gasteiger charge is 2.24. The first-order valence-corrected chi connectivity index (χ1v) is 14.9. The average molecular weight is 519 g/mol. The Hall–Kier alpha value is -2.48. The number of benzene rings is 1. The Bertz CT molecular complexity index is 1170. The van der Waals surface area contributed by atoms with Gasteiger partial charge in [0.25, 0.3) is 0 Å². The molecule has 0 amide bonds. The maximum atomic E-state index is 10.1. The summed E-state index contributed by atoms with van der Waals surface area (Å²) < 4.78 is 2.36. The lowest BCUT2D eigenvalue weighted by molar-refractivity contribution is 0.111. The van der Waals surface area contributed by atoms with Crippen molar-refractivity contribution in [2.45, 2.75) is 90.4 Å². The van der Waals surface area contributed by atoms with E-state index in [0.29, 0.717) is 18.0 Å². The predicted molar refractivity (Wildman–Crippen MR) is 156 cm³/mol. The third kappa shape index (κ3) is 6.38. The number of hydrogen-bond donors (Lipinski definition) is 2. The quantitative estimate of drug-likeness (QED) is 0.379. The molecule has 2 aliphatic rings. The van der Waals surface area contributed by atoms with Crippen LogP contribution in [-0.2, 0) is 6.54 Å². The molecule has 206 valence electrons. The number of rotatable bonds is 9. The normalized spacial score (nSPS) is 22.4. The van der Waals surface area contributed by atoms with Gasteiger partial charge in [0.05, 0.1) is 6.10 Å². The van der Waals surface area contributed by atoms with Crippen LogP contribution in [0.15, 0.2) is 36.7 Å². The smallest absolute Gasteiger partial charge is 0.224 e. The van der Waals surface area contributed by atoms with E-state index in [1.807, 2.05) is 6.20 Å². The minimum Gasteiger partial charge on any atom is -0.393 e. The summed E-state index contributed by atoms with van der Waals surface area (Å²) in [6.45, 7) is 13.5. The molecule has 5 rings (SSSR count).